The maximum absolute atomic E-state index is 5.93. The van der Waals surface area contributed by atoms with Gasteiger partial charge in [-0.2, -0.15) is 0 Å². The fourth-order valence-corrected chi connectivity index (χ4v) is 3.02. The average Bonchev–Trinajstić information content (AvgIpc) is 2.54. The molecular weight excluding hydrogens is 252 g/mol. The monoisotopic (exact) mass is 276 g/mol. The van der Waals surface area contributed by atoms with Crippen molar-refractivity contribution in [3.8, 4) is 11.5 Å². The molecule has 4 heteroatoms. The molecule has 3 rings (SSSR count). The number of fused-ring (bicyclic) bond motifs is 1. The summed E-state index contributed by atoms with van der Waals surface area (Å²) in [4.78, 5) is 2.43. The van der Waals surface area contributed by atoms with Crippen molar-refractivity contribution in [2.24, 2.45) is 0 Å². The van der Waals surface area contributed by atoms with Crippen LogP contribution in [-0.2, 0) is 6.42 Å². The van der Waals surface area contributed by atoms with E-state index in [9.17, 15) is 0 Å². The molecule has 2 aliphatic rings. The molecule has 0 aromatic heterocycles. The Labute approximate surface area is 121 Å². The van der Waals surface area contributed by atoms with Gasteiger partial charge in [-0.25, -0.2) is 0 Å². The van der Waals surface area contributed by atoms with E-state index < -0.39 is 0 Å². The van der Waals surface area contributed by atoms with Gasteiger partial charge in [0.1, 0.15) is 13.2 Å². The first-order chi connectivity index (χ1) is 9.83. The van der Waals surface area contributed by atoms with Crippen LogP contribution < -0.4 is 19.7 Å². The quantitative estimate of drug-likeness (QED) is 0.918. The van der Waals surface area contributed by atoms with Gasteiger partial charge in [-0.1, -0.05) is 19.9 Å². The second-order valence-corrected chi connectivity index (χ2v) is 5.46. The Kier molecular flexibility index (Phi) is 4.01. The standard InChI is InChI=1S/C16H24N2O2/c1-3-12-5-6-14(16-15(12)19-9-10-20-16)18-8-7-17-13(4-2)11-18/h5-6,13,17H,3-4,7-11H2,1-2H3. The van der Waals surface area contributed by atoms with Gasteiger partial charge in [0.25, 0.3) is 0 Å². The van der Waals surface area contributed by atoms with Crippen LogP contribution in [0.15, 0.2) is 12.1 Å². The predicted molar refractivity (Wildman–Crippen MR) is 81.1 cm³/mol. The Morgan fingerprint density at radius 3 is 2.75 bits per heavy atom. The number of rotatable bonds is 3. The van der Waals surface area contributed by atoms with Crippen molar-refractivity contribution in [3.05, 3.63) is 17.7 Å². The van der Waals surface area contributed by atoms with Gasteiger partial charge < -0.3 is 19.7 Å². The molecule has 1 N–H and O–H groups in total. The van der Waals surface area contributed by atoms with Gasteiger partial charge in [0.05, 0.1) is 5.69 Å². The number of hydrogen-bond acceptors (Lipinski definition) is 4. The third-order valence-corrected chi connectivity index (χ3v) is 4.22. The van der Waals surface area contributed by atoms with Crippen LogP contribution in [0.3, 0.4) is 0 Å². The summed E-state index contributed by atoms with van der Waals surface area (Å²) in [5.74, 6) is 1.91. The molecule has 4 nitrogen and oxygen atoms in total. The zero-order chi connectivity index (χ0) is 13.9. The lowest BCUT2D eigenvalue weighted by Gasteiger charge is -2.37. The van der Waals surface area contributed by atoms with E-state index in [0.717, 1.165) is 44.0 Å². The summed E-state index contributed by atoms with van der Waals surface area (Å²) >= 11 is 0. The van der Waals surface area contributed by atoms with Crippen LogP contribution in [-0.4, -0.2) is 38.9 Å². The highest BCUT2D eigenvalue weighted by molar-refractivity contribution is 5.68. The Balaban J connectivity index is 1.93. The van der Waals surface area contributed by atoms with Gasteiger partial charge >= 0.3 is 0 Å². The minimum atomic E-state index is 0.565. The molecule has 0 spiro atoms. The van der Waals surface area contributed by atoms with Crippen LogP contribution in [0.2, 0.25) is 0 Å². The Morgan fingerprint density at radius 1 is 1.20 bits per heavy atom. The highest BCUT2D eigenvalue weighted by Gasteiger charge is 2.25. The summed E-state index contributed by atoms with van der Waals surface area (Å²) in [5, 5.41) is 3.56. The summed E-state index contributed by atoms with van der Waals surface area (Å²) < 4.78 is 11.8. The van der Waals surface area contributed by atoms with E-state index in [1.807, 2.05) is 0 Å². The summed E-state index contributed by atoms with van der Waals surface area (Å²) in [6, 6.07) is 4.95. The van der Waals surface area contributed by atoms with E-state index in [4.69, 9.17) is 9.47 Å². The molecule has 1 fully saturated rings. The molecule has 0 aliphatic carbocycles. The molecule has 20 heavy (non-hydrogen) atoms. The van der Waals surface area contributed by atoms with Gasteiger partial charge in [0.2, 0.25) is 0 Å². The summed E-state index contributed by atoms with van der Waals surface area (Å²) in [5.41, 5.74) is 2.43. The maximum atomic E-state index is 5.93. The van der Waals surface area contributed by atoms with E-state index in [1.54, 1.807) is 0 Å². The third kappa shape index (κ3) is 2.44. The van der Waals surface area contributed by atoms with Crippen molar-refractivity contribution in [2.75, 3.05) is 37.7 Å². The molecule has 110 valence electrons. The van der Waals surface area contributed by atoms with Gasteiger partial charge in [-0.15, -0.1) is 0 Å². The number of benzene rings is 1. The highest BCUT2D eigenvalue weighted by atomic mass is 16.6. The molecule has 1 saturated heterocycles. The van der Waals surface area contributed by atoms with Crippen molar-refractivity contribution in [2.45, 2.75) is 32.7 Å². The van der Waals surface area contributed by atoms with E-state index in [-0.39, 0.29) is 0 Å². The third-order valence-electron chi connectivity index (χ3n) is 4.22. The number of nitrogens with zero attached hydrogens (tertiary/aromatic N) is 1. The second kappa shape index (κ2) is 5.92. The lowest BCUT2D eigenvalue weighted by molar-refractivity contribution is 0.170. The van der Waals surface area contributed by atoms with Crippen molar-refractivity contribution in [3.63, 3.8) is 0 Å². The van der Waals surface area contributed by atoms with Gasteiger partial charge in [-0.3, -0.25) is 0 Å². The minimum absolute atomic E-state index is 0.565. The summed E-state index contributed by atoms with van der Waals surface area (Å²) in [6.45, 7) is 8.79. The van der Waals surface area contributed by atoms with Crippen molar-refractivity contribution >= 4 is 5.69 Å². The first-order valence-corrected chi connectivity index (χ1v) is 7.73. The molecule has 0 bridgehead atoms. The topological polar surface area (TPSA) is 33.7 Å². The molecule has 1 atom stereocenters. The molecule has 1 aromatic rings. The number of ether oxygens (including phenoxy) is 2. The largest absolute Gasteiger partial charge is 0.486 e. The Morgan fingerprint density at radius 2 is 2.00 bits per heavy atom. The van der Waals surface area contributed by atoms with E-state index in [2.05, 4.69) is 36.2 Å². The van der Waals surface area contributed by atoms with Crippen LogP contribution in [0.1, 0.15) is 25.8 Å². The van der Waals surface area contributed by atoms with Crippen LogP contribution in [0.5, 0.6) is 11.5 Å². The van der Waals surface area contributed by atoms with Crippen LogP contribution in [0.25, 0.3) is 0 Å². The number of anilines is 1. The maximum Gasteiger partial charge on any atom is 0.184 e. The van der Waals surface area contributed by atoms with Crippen molar-refractivity contribution in [1.29, 1.82) is 0 Å². The van der Waals surface area contributed by atoms with Crippen molar-refractivity contribution in [1.82, 2.24) is 5.32 Å². The molecule has 1 aromatic carbocycles. The van der Waals surface area contributed by atoms with Gasteiger partial charge in [0.15, 0.2) is 11.5 Å². The number of nitrogens with one attached hydrogen (secondary N) is 1. The zero-order valence-corrected chi connectivity index (χ0v) is 12.4. The van der Waals surface area contributed by atoms with Gasteiger partial charge in [0, 0.05) is 25.7 Å². The predicted octanol–water partition coefficient (Wildman–Crippen LogP) is 2.21. The highest BCUT2D eigenvalue weighted by Crippen LogP contribution is 2.42. The summed E-state index contributed by atoms with van der Waals surface area (Å²) in [6.07, 6.45) is 2.13. The van der Waals surface area contributed by atoms with Crippen molar-refractivity contribution < 1.29 is 9.47 Å². The lowest BCUT2D eigenvalue weighted by Crippen LogP contribution is -2.50. The molecular formula is C16H24N2O2. The summed E-state index contributed by atoms with van der Waals surface area (Å²) in [7, 11) is 0. The smallest absolute Gasteiger partial charge is 0.184 e. The number of hydrogen-bond donors (Lipinski definition) is 1. The molecule has 2 heterocycles. The molecule has 2 aliphatic heterocycles. The second-order valence-electron chi connectivity index (χ2n) is 5.46. The zero-order valence-electron chi connectivity index (χ0n) is 12.4. The molecule has 0 radical (unpaired) electrons. The molecule has 1 unspecified atom stereocenters. The van der Waals surface area contributed by atoms with Crippen LogP contribution in [0.4, 0.5) is 5.69 Å². The molecule has 0 saturated carbocycles. The fraction of sp³-hybridized carbons (Fsp3) is 0.625. The van der Waals surface area contributed by atoms with E-state index >= 15 is 0 Å². The van der Waals surface area contributed by atoms with E-state index in [1.165, 1.54) is 11.3 Å². The first kappa shape index (κ1) is 13.6. The Hall–Kier alpha value is -1.42. The SMILES string of the molecule is CCc1ccc(N2CCNC(CC)C2)c2c1OCCO2. The Bertz CT molecular complexity index is 476. The fourth-order valence-electron chi connectivity index (χ4n) is 3.02. The van der Waals surface area contributed by atoms with E-state index in [0.29, 0.717) is 19.3 Å². The normalized spacial score (nSPS) is 21.9. The number of piperazine rings is 1. The minimum Gasteiger partial charge on any atom is -0.486 e. The number of aryl methyl sites for hydroxylation is 1. The van der Waals surface area contributed by atoms with Crippen LogP contribution >= 0.6 is 0 Å². The first-order valence-electron chi connectivity index (χ1n) is 7.73. The molecule has 0 amide bonds. The van der Waals surface area contributed by atoms with Crippen LogP contribution in [0, 0.1) is 0 Å². The average molecular weight is 276 g/mol. The lowest BCUT2D eigenvalue weighted by atomic mass is 10.1. The van der Waals surface area contributed by atoms with Gasteiger partial charge in [-0.05, 0) is 24.5 Å².